The van der Waals surface area contributed by atoms with Crippen molar-refractivity contribution in [1.82, 2.24) is 5.32 Å². The lowest BCUT2D eigenvalue weighted by molar-refractivity contribution is -0.134. The Kier molecular flexibility index (Phi) is 6.10. The van der Waals surface area contributed by atoms with Crippen molar-refractivity contribution in [2.75, 3.05) is 13.2 Å². The van der Waals surface area contributed by atoms with E-state index in [0.717, 1.165) is 11.3 Å². The minimum atomic E-state index is -0.989. The lowest BCUT2D eigenvalue weighted by Crippen LogP contribution is -2.47. The van der Waals surface area contributed by atoms with E-state index < -0.39 is 5.60 Å². The van der Waals surface area contributed by atoms with Crippen LogP contribution < -0.4 is 14.8 Å². The monoisotopic (exact) mass is 347 g/mol. The van der Waals surface area contributed by atoms with E-state index in [9.17, 15) is 4.79 Å². The van der Waals surface area contributed by atoms with Gasteiger partial charge in [-0.3, -0.25) is 4.79 Å². The van der Waals surface area contributed by atoms with Crippen LogP contribution in [0.5, 0.6) is 11.5 Å². The van der Waals surface area contributed by atoms with E-state index in [1.165, 1.54) is 0 Å². The van der Waals surface area contributed by atoms with Crippen molar-refractivity contribution in [2.24, 2.45) is 0 Å². The van der Waals surface area contributed by atoms with Gasteiger partial charge in [0.2, 0.25) is 0 Å². The first-order chi connectivity index (χ1) is 11.4. The van der Waals surface area contributed by atoms with Gasteiger partial charge in [0.15, 0.2) is 5.60 Å². The number of hydrogen-bond donors (Lipinski definition) is 1. The zero-order valence-electron chi connectivity index (χ0n) is 14.1. The number of carbonyl (C=O) groups is 1. The van der Waals surface area contributed by atoms with E-state index in [0.29, 0.717) is 23.9 Å². The lowest BCUT2D eigenvalue weighted by Gasteiger charge is -2.25. The second-order valence-electron chi connectivity index (χ2n) is 5.99. The molecule has 0 unspecified atom stereocenters. The predicted molar refractivity (Wildman–Crippen MR) is 95.8 cm³/mol. The van der Waals surface area contributed by atoms with Crippen LogP contribution in [0.4, 0.5) is 0 Å². The Morgan fingerprint density at radius 1 is 1.12 bits per heavy atom. The van der Waals surface area contributed by atoms with Crippen molar-refractivity contribution in [3.05, 3.63) is 59.1 Å². The highest BCUT2D eigenvalue weighted by molar-refractivity contribution is 6.30. The number of ether oxygens (including phenoxy) is 2. The molecule has 0 aliphatic rings. The summed E-state index contributed by atoms with van der Waals surface area (Å²) in [5.41, 5.74) is 0.144. The Hall–Kier alpha value is -2.20. The van der Waals surface area contributed by atoms with Gasteiger partial charge in [-0.1, -0.05) is 23.7 Å². The van der Waals surface area contributed by atoms with Gasteiger partial charge in [0.25, 0.3) is 5.91 Å². The lowest BCUT2D eigenvalue weighted by atomic mass is 10.1. The molecule has 24 heavy (non-hydrogen) atoms. The maximum absolute atomic E-state index is 12.3. The summed E-state index contributed by atoms with van der Waals surface area (Å²) in [6, 6.07) is 14.7. The summed E-state index contributed by atoms with van der Waals surface area (Å²) in [6.45, 7) is 6.24. The number of nitrogens with one attached hydrogen (secondary N) is 1. The van der Waals surface area contributed by atoms with Crippen molar-refractivity contribution < 1.29 is 14.3 Å². The molecule has 0 bridgehead atoms. The van der Waals surface area contributed by atoms with Crippen LogP contribution in [0, 0.1) is 6.92 Å². The van der Waals surface area contributed by atoms with Crippen LogP contribution in [0.15, 0.2) is 48.5 Å². The van der Waals surface area contributed by atoms with Crippen LogP contribution in [-0.4, -0.2) is 24.7 Å². The number of halogens is 1. The second-order valence-corrected chi connectivity index (χ2v) is 6.42. The van der Waals surface area contributed by atoms with Gasteiger partial charge >= 0.3 is 0 Å². The summed E-state index contributed by atoms with van der Waals surface area (Å²) in [6.07, 6.45) is 0. The van der Waals surface area contributed by atoms with Crippen LogP contribution in [0.1, 0.15) is 19.4 Å². The van der Waals surface area contributed by atoms with E-state index in [2.05, 4.69) is 5.32 Å². The molecule has 0 fully saturated rings. The van der Waals surface area contributed by atoms with E-state index in [1.54, 1.807) is 38.1 Å². The first-order valence-corrected chi connectivity index (χ1v) is 8.17. The molecule has 5 heteroatoms. The average Bonchev–Trinajstić information content (AvgIpc) is 2.53. The smallest absolute Gasteiger partial charge is 0.263 e. The highest BCUT2D eigenvalue weighted by atomic mass is 35.5. The minimum Gasteiger partial charge on any atom is -0.492 e. The fraction of sp³-hybridized carbons (Fsp3) is 0.316. The van der Waals surface area contributed by atoms with Crippen molar-refractivity contribution in [3.8, 4) is 11.5 Å². The fourth-order valence-corrected chi connectivity index (χ4v) is 2.22. The summed E-state index contributed by atoms with van der Waals surface area (Å²) in [5.74, 6) is 1.18. The van der Waals surface area contributed by atoms with Crippen molar-refractivity contribution >= 4 is 17.5 Å². The maximum atomic E-state index is 12.3. The molecule has 1 N–H and O–H groups in total. The number of amides is 1. The summed E-state index contributed by atoms with van der Waals surface area (Å²) < 4.78 is 11.3. The summed E-state index contributed by atoms with van der Waals surface area (Å²) in [4.78, 5) is 12.3. The maximum Gasteiger partial charge on any atom is 0.263 e. The Morgan fingerprint density at radius 2 is 1.83 bits per heavy atom. The molecule has 0 aliphatic heterocycles. The molecule has 0 aliphatic carbocycles. The van der Waals surface area contributed by atoms with Gasteiger partial charge in [-0.15, -0.1) is 0 Å². The quantitative estimate of drug-likeness (QED) is 0.770. The van der Waals surface area contributed by atoms with Gasteiger partial charge in [0.05, 0.1) is 6.54 Å². The molecule has 2 rings (SSSR count). The van der Waals surface area contributed by atoms with E-state index in [4.69, 9.17) is 21.1 Å². The van der Waals surface area contributed by atoms with Crippen LogP contribution in [0.3, 0.4) is 0 Å². The van der Waals surface area contributed by atoms with Gasteiger partial charge in [-0.05, 0) is 62.7 Å². The van der Waals surface area contributed by atoms with Gasteiger partial charge in [-0.2, -0.15) is 0 Å². The normalized spacial score (nSPS) is 11.0. The largest absolute Gasteiger partial charge is 0.492 e. The van der Waals surface area contributed by atoms with Gasteiger partial charge in [-0.25, -0.2) is 0 Å². The van der Waals surface area contributed by atoms with Gasteiger partial charge in [0, 0.05) is 5.02 Å². The molecule has 4 nitrogen and oxygen atoms in total. The topological polar surface area (TPSA) is 47.6 Å². The third-order valence-electron chi connectivity index (χ3n) is 3.38. The van der Waals surface area contributed by atoms with Crippen molar-refractivity contribution in [2.45, 2.75) is 26.4 Å². The third kappa shape index (κ3) is 5.46. The Bertz CT molecular complexity index is 683. The number of rotatable bonds is 7. The van der Waals surface area contributed by atoms with E-state index in [-0.39, 0.29) is 5.91 Å². The molecule has 0 atom stereocenters. The molecule has 1 amide bonds. The van der Waals surface area contributed by atoms with Crippen LogP contribution in [-0.2, 0) is 4.79 Å². The highest BCUT2D eigenvalue weighted by Crippen LogP contribution is 2.21. The molecule has 128 valence electrons. The van der Waals surface area contributed by atoms with Crippen LogP contribution >= 0.6 is 11.6 Å². The van der Waals surface area contributed by atoms with Gasteiger partial charge in [0.1, 0.15) is 18.1 Å². The van der Waals surface area contributed by atoms with Crippen LogP contribution in [0.2, 0.25) is 5.02 Å². The number of carbonyl (C=O) groups excluding carboxylic acids is 1. The SMILES string of the molecule is Cc1cccc(OCCNC(=O)C(C)(C)Oc2ccc(Cl)cc2)c1. The predicted octanol–water partition coefficient (Wildman–Crippen LogP) is 4.00. The molecular weight excluding hydrogens is 326 g/mol. The molecular formula is C19H22ClNO3. The summed E-state index contributed by atoms with van der Waals surface area (Å²) >= 11 is 5.84. The molecule has 2 aromatic rings. The molecule has 0 radical (unpaired) electrons. The standard InChI is InChI=1S/C19H22ClNO3/c1-14-5-4-6-17(13-14)23-12-11-21-18(22)19(2,3)24-16-9-7-15(20)8-10-16/h4-10,13H,11-12H2,1-3H3,(H,21,22). The van der Waals surface area contributed by atoms with Crippen LogP contribution in [0.25, 0.3) is 0 Å². The van der Waals surface area contributed by atoms with Crippen molar-refractivity contribution in [1.29, 1.82) is 0 Å². The zero-order chi connectivity index (χ0) is 17.6. The fourth-order valence-electron chi connectivity index (χ4n) is 2.10. The summed E-state index contributed by atoms with van der Waals surface area (Å²) in [5, 5.41) is 3.45. The molecule has 0 saturated carbocycles. The number of aryl methyl sites for hydroxylation is 1. The first-order valence-electron chi connectivity index (χ1n) is 7.79. The van der Waals surface area contributed by atoms with E-state index >= 15 is 0 Å². The molecule has 0 aromatic heterocycles. The van der Waals surface area contributed by atoms with Gasteiger partial charge < -0.3 is 14.8 Å². The highest BCUT2D eigenvalue weighted by Gasteiger charge is 2.29. The third-order valence-corrected chi connectivity index (χ3v) is 3.63. The molecule has 0 saturated heterocycles. The first kappa shape index (κ1) is 18.1. The number of benzene rings is 2. The average molecular weight is 348 g/mol. The Morgan fingerprint density at radius 3 is 2.50 bits per heavy atom. The zero-order valence-corrected chi connectivity index (χ0v) is 14.9. The Labute approximate surface area is 147 Å². The number of hydrogen-bond acceptors (Lipinski definition) is 3. The molecule has 0 spiro atoms. The minimum absolute atomic E-state index is 0.203. The molecule has 0 heterocycles. The van der Waals surface area contributed by atoms with Crippen molar-refractivity contribution in [3.63, 3.8) is 0 Å². The molecule has 2 aromatic carbocycles. The summed E-state index contributed by atoms with van der Waals surface area (Å²) in [7, 11) is 0. The van der Waals surface area contributed by atoms with E-state index in [1.807, 2.05) is 31.2 Å². The Balaban J connectivity index is 1.79. The second kappa shape index (κ2) is 8.06.